The predicted molar refractivity (Wildman–Crippen MR) is 99.6 cm³/mol. The van der Waals surface area contributed by atoms with Crippen molar-refractivity contribution in [1.82, 2.24) is 0 Å². The smallest absolute Gasteiger partial charge is 0.203 e. The second-order valence-corrected chi connectivity index (χ2v) is 5.90. The molecule has 1 radical (unpaired) electrons. The highest BCUT2D eigenvalue weighted by atomic mass is 16.3. The van der Waals surface area contributed by atoms with Crippen LogP contribution in [-0.4, -0.2) is 27.7 Å². The van der Waals surface area contributed by atoms with Gasteiger partial charge in [-0.05, 0) is 44.6 Å². The van der Waals surface area contributed by atoms with Crippen molar-refractivity contribution in [2.24, 2.45) is 0 Å². The molecule has 5 heteroatoms. The molecular weight excluding hydrogens is 315 g/mol. The van der Waals surface area contributed by atoms with Gasteiger partial charge in [0.15, 0.2) is 23.0 Å². The van der Waals surface area contributed by atoms with Crippen LogP contribution in [0.25, 0.3) is 21.5 Å². The molecule has 4 rings (SSSR count). The average molecular weight is 329 g/mol. The Morgan fingerprint density at radius 2 is 0.960 bits per heavy atom. The Morgan fingerprint density at radius 1 is 0.560 bits per heavy atom. The fraction of sp³-hybridized carbons (Fsp3) is 0. The first-order chi connectivity index (χ1) is 12.1. The number of phenolic OH excluding ortho intramolecular Hbond substituents is 4. The van der Waals surface area contributed by atoms with Crippen molar-refractivity contribution in [2.45, 2.75) is 0 Å². The van der Waals surface area contributed by atoms with Crippen molar-refractivity contribution in [3.05, 3.63) is 60.7 Å². The minimum Gasteiger partial charge on any atom is -0.505 e. The minimum atomic E-state index is -0.273. The van der Waals surface area contributed by atoms with Crippen molar-refractivity contribution in [2.75, 3.05) is 0 Å². The van der Waals surface area contributed by atoms with E-state index in [0.717, 1.165) is 21.5 Å². The molecule has 0 saturated heterocycles. The zero-order valence-electron chi connectivity index (χ0n) is 13.1. The lowest BCUT2D eigenvalue weighted by molar-refractivity contribution is 0.407. The van der Waals surface area contributed by atoms with Crippen LogP contribution in [0.15, 0.2) is 60.7 Å². The number of aromatic hydroxyl groups is 4. The van der Waals surface area contributed by atoms with Crippen LogP contribution in [0.2, 0.25) is 0 Å². The van der Waals surface area contributed by atoms with Gasteiger partial charge in [-0.15, -0.1) is 0 Å². The number of rotatable bonds is 2. The Labute approximate surface area is 144 Å². The molecule has 4 N–H and O–H groups in total. The van der Waals surface area contributed by atoms with Crippen LogP contribution in [0.5, 0.6) is 23.0 Å². The molecule has 0 spiro atoms. The van der Waals surface area contributed by atoms with E-state index in [1.807, 2.05) is 48.5 Å². The summed E-state index contributed by atoms with van der Waals surface area (Å²) in [6.45, 7) is 0. The maximum absolute atomic E-state index is 10.4. The van der Waals surface area contributed by atoms with Gasteiger partial charge in [-0.1, -0.05) is 48.5 Å². The number of phenols is 4. The number of hydrogen-bond donors (Lipinski definition) is 4. The van der Waals surface area contributed by atoms with Crippen molar-refractivity contribution in [3.8, 4) is 23.0 Å². The van der Waals surface area contributed by atoms with Gasteiger partial charge < -0.3 is 20.4 Å². The summed E-state index contributed by atoms with van der Waals surface area (Å²) in [4.78, 5) is 0. The van der Waals surface area contributed by atoms with Gasteiger partial charge in [0.25, 0.3) is 0 Å². The van der Waals surface area contributed by atoms with Gasteiger partial charge in [0.1, 0.15) is 0 Å². The van der Waals surface area contributed by atoms with E-state index in [9.17, 15) is 20.4 Å². The molecule has 121 valence electrons. The molecule has 4 aromatic carbocycles. The number of hydrogen-bond acceptors (Lipinski definition) is 4. The van der Waals surface area contributed by atoms with Gasteiger partial charge in [-0.3, -0.25) is 0 Å². The second kappa shape index (κ2) is 5.63. The first-order valence-electron chi connectivity index (χ1n) is 7.78. The highest BCUT2D eigenvalue weighted by Gasteiger charge is 2.19. The molecule has 4 nitrogen and oxygen atoms in total. The summed E-state index contributed by atoms with van der Waals surface area (Å²) < 4.78 is 0. The Morgan fingerprint density at radius 3 is 1.40 bits per heavy atom. The van der Waals surface area contributed by atoms with Gasteiger partial charge in [-0.2, -0.15) is 0 Å². The third kappa shape index (κ3) is 2.41. The standard InChI is InChI=1S/C20H14BO4/c22-15-9-11-5-1-3-7-13(11)17(19(15)24)21-18-14-8-4-2-6-12(14)10-16(23)20(18)25/h1-10,22-25H. The van der Waals surface area contributed by atoms with E-state index >= 15 is 0 Å². The van der Waals surface area contributed by atoms with E-state index in [2.05, 4.69) is 0 Å². The van der Waals surface area contributed by atoms with Gasteiger partial charge in [0.05, 0.1) is 0 Å². The molecule has 0 aliphatic rings. The Balaban J connectivity index is 2.01. The van der Waals surface area contributed by atoms with E-state index in [0.29, 0.717) is 10.9 Å². The van der Waals surface area contributed by atoms with Crippen molar-refractivity contribution >= 4 is 39.8 Å². The lowest BCUT2D eigenvalue weighted by Gasteiger charge is -2.14. The highest BCUT2D eigenvalue weighted by Crippen LogP contribution is 2.31. The zero-order chi connectivity index (χ0) is 17.6. The largest absolute Gasteiger partial charge is 0.505 e. The summed E-state index contributed by atoms with van der Waals surface area (Å²) in [7, 11) is 1.58. The van der Waals surface area contributed by atoms with Crippen LogP contribution >= 0.6 is 0 Å². The van der Waals surface area contributed by atoms with Crippen molar-refractivity contribution in [1.29, 1.82) is 0 Å². The van der Waals surface area contributed by atoms with Gasteiger partial charge in [0, 0.05) is 0 Å². The maximum atomic E-state index is 10.4. The fourth-order valence-electron chi connectivity index (χ4n) is 3.14. The van der Waals surface area contributed by atoms with E-state index in [1.165, 1.54) is 12.1 Å². The molecule has 0 aliphatic heterocycles. The Kier molecular flexibility index (Phi) is 3.43. The van der Waals surface area contributed by atoms with E-state index in [-0.39, 0.29) is 23.0 Å². The van der Waals surface area contributed by atoms with Crippen molar-refractivity contribution in [3.63, 3.8) is 0 Å². The van der Waals surface area contributed by atoms with Crippen LogP contribution in [0.1, 0.15) is 0 Å². The molecule has 0 aliphatic carbocycles. The van der Waals surface area contributed by atoms with Crippen LogP contribution in [0, 0.1) is 0 Å². The predicted octanol–water partition coefficient (Wildman–Crippen LogP) is 2.47. The van der Waals surface area contributed by atoms with Gasteiger partial charge in [-0.25, -0.2) is 0 Å². The summed E-state index contributed by atoms with van der Waals surface area (Å²) in [6, 6.07) is 17.6. The normalized spacial score (nSPS) is 11.0. The first kappa shape index (κ1) is 15.2. The molecule has 0 atom stereocenters. The second-order valence-electron chi connectivity index (χ2n) is 5.90. The third-order valence-electron chi connectivity index (χ3n) is 4.37. The summed E-state index contributed by atoms with van der Waals surface area (Å²) in [5.74, 6) is -1.03. The van der Waals surface area contributed by atoms with E-state index in [4.69, 9.17) is 0 Å². The molecule has 0 heterocycles. The molecule has 0 saturated carbocycles. The molecular formula is C20H14BO4. The van der Waals surface area contributed by atoms with Crippen LogP contribution in [0.4, 0.5) is 0 Å². The molecule has 0 fully saturated rings. The summed E-state index contributed by atoms with van der Waals surface area (Å²) in [5.41, 5.74) is 0.753. The quantitative estimate of drug-likeness (QED) is 0.336. The monoisotopic (exact) mass is 329 g/mol. The molecule has 0 aromatic heterocycles. The summed E-state index contributed by atoms with van der Waals surface area (Å²) in [5, 5.41) is 43.8. The Bertz CT molecular complexity index is 1030. The molecule has 0 unspecified atom stereocenters. The molecule has 25 heavy (non-hydrogen) atoms. The molecule has 0 bridgehead atoms. The highest BCUT2D eigenvalue weighted by molar-refractivity contribution is 6.74. The summed E-state index contributed by atoms with van der Waals surface area (Å²) in [6.07, 6.45) is 0. The lowest BCUT2D eigenvalue weighted by Crippen LogP contribution is -2.29. The van der Waals surface area contributed by atoms with Crippen LogP contribution in [0.3, 0.4) is 0 Å². The van der Waals surface area contributed by atoms with Gasteiger partial charge >= 0.3 is 0 Å². The summed E-state index contributed by atoms with van der Waals surface area (Å²) >= 11 is 0. The van der Waals surface area contributed by atoms with Crippen LogP contribution in [-0.2, 0) is 0 Å². The minimum absolute atomic E-state index is 0.242. The zero-order valence-corrected chi connectivity index (χ0v) is 13.1. The lowest BCUT2D eigenvalue weighted by atomic mass is 9.60. The average Bonchev–Trinajstić information content (AvgIpc) is 2.62. The van der Waals surface area contributed by atoms with E-state index < -0.39 is 0 Å². The van der Waals surface area contributed by atoms with Crippen molar-refractivity contribution < 1.29 is 20.4 Å². The Hall–Kier alpha value is -3.34. The third-order valence-corrected chi connectivity index (χ3v) is 4.37. The van der Waals surface area contributed by atoms with E-state index in [1.54, 1.807) is 7.28 Å². The fourth-order valence-corrected chi connectivity index (χ4v) is 3.14. The SMILES string of the molecule is Oc1cc2ccccc2c([B]c2c(O)c(O)cc3ccccc23)c1O. The molecule has 0 amide bonds. The number of benzene rings is 4. The molecule has 4 aromatic rings. The topological polar surface area (TPSA) is 80.9 Å². The van der Waals surface area contributed by atoms with Gasteiger partial charge in [0.2, 0.25) is 7.28 Å². The maximum Gasteiger partial charge on any atom is 0.203 e. The first-order valence-corrected chi connectivity index (χ1v) is 7.78. The van der Waals surface area contributed by atoms with Crippen LogP contribution < -0.4 is 10.9 Å². The number of fused-ring (bicyclic) bond motifs is 2.